The molecule has 2 amide bonds. The number of halogens is 2. The Labute approximate surface area is 185 Å². The smallest absolute Gasteiger partial charge is 0.291 e. The summed E-state index contributed by atoms with van der Waals surface area (Å²) in [5.41, 5.74) is -0.164. The van der Waals surface area contributed by atoms with Crippen LogP contribution in [0.3, 0.4) is 0 Å². The second kappa shape index (κ2) is 10.3. The van der Waals surface area contributed by atoms with Gasteiger partial charge in [0.2, 0.25) is 5.91 Å². The molecule has 1 heterocycles. The van der Waals surface area contributed by atoms with Crippen molar-refractivity contribution in [1.29, 1.82) is 0 Å². The summed E-state index contributed by atoms with van der Waals surface area (Å²) in [5, 5.41) is 4.46. The molecule has 0 radical (unpaired) electrons. The van der Waals surface area contributed by atoms with Crippen LogP contribution < -0.4 is 5.43 Å². The van der Waals surface area contributed by atoms with Gasteiger partial charge in [-0.2, -0.15) is 0 Å². The first-order valence-corrected chi connectivity index (χ1v) is 10.7. The van der Waals surface area contributed by atoms with Gasteiger partial charge in [0.15, 0.2) is 5.78 Å². The number of Topliss-reactive ketones (excluding diaryl/α,β-unsaturated/α-hetero) is 2. The van der Waals surface area contributed by atoms with E-state index in [1.165, 1.54) is 6.07 Å². The molecule has 2 rings (SSSR count). The molecule has 0 aliphatic heterocycles. The molecule has 0 saturated heterocycles. The van der Waals surface area contributed by atoms with Gasteiger partial charge in [0.1, 0.15) is 17.2 Å². The van der Waals surface area contributed by atoms with E-state index >= 15 is 0 Å². The number of ketones is 2. The summed E-state index contributed by atoms with van der Waals surface area (Å²) in [6, 6.07) is 1.48. The van der Waals surface area contributed by atoms with Crippen molar-refractivity contribution in [2.75, 3.05) is 6.54 Å². The van der Waals surface area contributed by atoms with Crippen LogP contribution in [0.15, 0.2) is 10.6 Å². The van der Waals surface area contributed by atoms with Gasteiger partial charge in [-0.15, -0.1) is 0 Å². The highest BCUT2D eigenvalue weighted by atomic mass is 35.5. The number of hydrazine groups is 1. The molecule has 0 unspecified atom stereocenters. The monoisotopic (exact) mass is 457 g/mol. The van der Waals surface area contributed by atoms with Crippen LogP contribution in [-0.4, -0.2) is 45.7 Å². The second-order valence-electron chi connectivity index (χ2n) is 9.19. The molecule has 0 spiro atoms. The van der Waals surface area contributed by atoms with Crippen molar-refractivity contribution in [3.8, 4) is 0 Å². The molecule has 31 heavy (non-hydrogen) atoms. The van der Waals surface area contributed by atoms with E-state index in [0.717, 1.165) is 5.01 Å². The molecule has 10 heteroatoms. The topological polar surface area (TPSA) is 110 Å². The molecule has 1 aromatic heterocycles. The molecule has 3 atom stereocenters. The van der Waals surface area contributed by atoms with E-state index in [-0.39, 0.29) is 35.6 Å². The lowest BCUT2D eigenvalue weighted by atomic mass is 9.82. The Kier molecular flexibility index (Phi) is 8.34. The van der Waals surface area contributed by atoms with Gasteiger partial charge >= 0.3 is 0 Å². The fraction of sp³-hybridized carbons (Fsp3) is 0.667. The molecule has 8 nitrogen and oxygen atoms in total. The van der Waals surface area contributed by atoms with Crippen molar-refractivity contribution in [2.24, 2.45) is 17.3 Å². The Hall–Kier alpha value is -2.29. The number of carbonyl (C=O) groups excluding carboxylic acids is 4. The van der Waals surface area contributed by atoms with Crippen LogP contribution in [0.25, 0.3) is 0 Å². The Morgan fingerprint density at radius 1 is 1.39 bits per heavy atom. The van der Waals surface area contributed by atoms with E-state index in [4.69, 9.17) is 16.1 Å². The van der Waals surface area contributed by atoms with Crippen LogP contribution in [0.2, 0.25) is 0 Å². The summed E-state index contributed by atoms with van der Waals surface area (Å²) < 4.78 is 18.5. The van der Waals surface area contributed by atoms with Gasteiger partial charge < -0.3 is 4.52 Å². The first-order chi connectivity index (χ1) is 14.4. The number of carbonyl (C=O) groups is 4. The lowest BCUT2D eigenvalue weighted by Crippen LogP contribution is -2.53. The zero-order valence-electron chi connectivity index (χ0n) is 18.2. The average molecular weight is 458 g/mol. The molecule has 1 saturated carbocycles. The minimum Gasteiger partial charge on any atom is -0.361 e. The van der Waals surface area contributed by atoms with E-state index in [2.05, 4.69) is 10.6 Å². The fourth-order valence-electron chi connectivity index (χ4n) is 3.66. The number of amides is 2. The van der Waals surface area contributed by atoms with Crippen molar-refractivity contribution in [2.45, 2.75) is 65.4 Å². The largest absolute Gasteiger partial charge is 0.361 e. The summed E-state index contributed by atoms with van der Waals surface area (Å²) in [6.07, 6.45) is 1.77. The lowest BCUT2D eigenvalue weighted by Gasteiger charge is -2.30. The maximum atomic E-state index is 13.5. The van der Waals surface area contributed by atoms with Gasteiger partial charge in [0.25, 0.3) is 11.5 Å². The maximum absolute atomic E-state index is 13.5. The molecule has 1 aliphatic rings. The first-order valence-electron chi connectivity index (χ1n) is 10.3. The number of hydrogen-bond donors (Lipinski definition) is 1. The Morgan fingerprint density at radius 2 is 2.06 bits per heavy atom. The van der Waals surface area contributed by atoms with Crippen LogP contribution in [0.5, 0.6) is 0 Å². The van der Waals surface area contributed by atoms with E-state index < -0.39 is 29.3 Å². The third-order valence-corrected chi connectivity index (χ3v) is 5.29. The Bertz CT molecular complexity index is 833. The van der Waals surface area contributed by atoms with Crippen LogP contribution in [0, 0.1) is 24.2 Å². The molecule has 172 valence electrons. The highest BCUT2D eigenvalue weighted by Gasteiger charge is 2.34. The van der Waals surface area contributed by atoms with E-state index in [1.807, 2.05) is 20.8 Å². The van der Waals surface area contributed by atoms with Gasteiger partial charge in [0, 0.05) is 30.7 Å². The second-order valence-corrected chi connectivity index (χ2v) is 9.58. The van der Waals surface area contributed by atoms with Gasteiger partial charge in [0.05, 0.1) is 6.54 Å². The normalized spacial score (nSPS) is 18.5. The molecule has 1 aromatic rings. The zero-order chi connectivity index (χ0) is 23.3. The molecule has 1 aliphatic carbocycles. The predicted molar refractivity (Wildman–Crippen MR) is 111 cm³/mol. The third-order valence-electron chi connectivity index (χ3n) is 5.11. The Morgan fingerprint density at radius 3 is 2.55 bits per heavy atom. The van der Waals surface area contributed by atoms with Crippen LogP contribution >= 0.6 is 11.6 Å². The van der Waals surface area contributed by atoms with E-state index in [1.54, 1.807) is 6.92 Å². The van der Waals surface area contributed by atoms with Crippen LogP contribution in [0.4, 0.5) is 4.39 Å². The molecular formula is C21H29ClFN3O5. The number of nitrogens with zero attached hydrogens (tertiary/aromatic N) is 2. The standard InChI is InChI=1S/C21H29ClFN3O5/c1-12-8-15(25-31-12)17(28)9-14(10-21(2,3)4)19(29)24-26(20(30)18(22)23)11-13-6-5-7-16(13)27/h8,13-14,18H,5-7,9-11H2,1-4H3,(H,24,29)/t13-,14-,18-/m0/s1. The number of aryl methyl sites for hydroxylation is 1. The van der Waals surface area contributed by atoms with E-state index in [0.29, 0.717) is 31.4 Å². The minimum absolute atomic E-state index is 0.0418. The Balaban J connectivity index is 2.17. The van der Waals surface area contributed by atoms with Crippen molar-refractivity contribution in [3.63, 3.8) is 0 Å². The minimum atomic E-state index is -2.36. The highest BCUT2D eigenvalue weighted by molar-refractivity contribution is 6.29. The summed E-state index contributed by atoms with van der Waals surface area (Å²) in [6.45, 7) is 7.23. The highest BCUT2D eigenvalue weighted by Crippen LogP contribution is 2.28. The number of nitrogens with one attached hydrogen (secondary N) is 1. The molecule has 1 N–H and O–H groups in total. The quantitative estimate of drug-likeness (QED) is 0.364. The van der Waals surface area contributed by atoms with Crippen molar-refractivity contribution in [3.05, 3.63) is 17.5 Å². The lowest BCUT2D eigenvalue weighted by molar-refractivity contribution is -0.146. The average Bonchev–Trinajstić information content (AvgIpc) is 3.27. The number of rotatable bonds is 8. The maximum Gasteiger partial charge on any atom is 0.291 e. The van der Waals surface area contributed by atoms with Crippen molar-refractivity contribution in [1.82, 2.24) is 15.6 Å². The van der Waals surface area contributed by atoms with Crippen LogP contribution in [0.1, 0.15) is 69.1 Å². The number of alkyl halides is 2. The first kappa shape index (κ1) is 25.0. The van der Waals surface area contributed by atoms with Gasteiger partial charge in [-0.3, -0.25) is 24.6 Å². The summed E-state index contributed by atoms with van der Waals surface area (Å²) in [7, 11) is 0. The molecule has 1 fully saturated rings. The summed E-state index contributed by atoms with van der Waals surface area (Å²) in [5.74, 6) is -3.03. The predicted octanol–water partition coefficient (Wildman–Crippen LogP) is 3.37. The zero-order valence-corrected chi connectivity index (χ0v) is 19.0. The fourth-order valence-corrected chi connectivity index (χ4v) is 3.77. The van der Waals surface area contributed by atoms with Crippen molar-refractivity contribution >= 4 is 35.0 Å². The SMILES string of the molecule is Cc1cc(C(=O)C[C@@H](CC(C)(C)C)C(=O)NN(C[C@@H]2CCCC2=O)C(=O)[C@H](F)Cl)no1. The number of aromatic nitrogens is 1. The summed E-state index contributed by atoms with van der Waals surface area (Å²) >= 11 is 5.31. The van der Waals surface area contributed by atoms with Crippen molar-refractivity contribution < 1.29 is 28.1 Å². The van der Waals surface area contributed by atoms with Gasteiger partial charge in [-0.25, -0.2) is 9.40 Å². The van der Waals surface area contributed by atoms with Gasteiger partial charge in [-0.1, -0.05) is 37.5 Å². The number of hydrogen-bond acceptors (Lipinski definition) is 6. The molecular weight excluding hydrogens is 429 g/mol. The molecule has 0 aromatic carbocycles. The molecule has 0 bridgehead atoms. The third kappa shape index (κ3) is 7.41. The summed E-state index contributed by atoms with van der Waals surface area (Å²) in [4.78, 5) is 49.8. The van der Waals surface area contributed by atoms with Crippen LogP contribution in [-0.2, 0) is 14.4 Å². The van der Waals surface area contributed by atoms with Gasteiger partial charge in [-0.05, 0) is 31.6 Å². The van der Waals surface area contributed by atoms with E-state index in [9.17, 15) is 23.6 Å².